The normalized spacial score (nSPS) is 19.6. The molecule has 19 heavy (non-hydrogen) atoms. The van der Waals surface area contributed by atoms with Crippen molar-refractivity contribution in [3.63, 3.8) is 0 Å². The van der Waals surface area contributed by atoms with E-state index in [2.05, 4.69) is 32.9 Å². The Morgan fingerprint density at radius 2 is 1.89 bits per heavy atom. The lowest BCUT2D eigenvalue weighted by Crippen LogP contribution is -2.28. The van der Waals surface area contributed by atoms with Crippen molar-refractivity contribution in [3.8, 4) is 5.75 Å². The van der Waals surface area contributed by atoms with Crippen molar-refractivity contribution in [2.45, 2.75) is 45.6 Å². The summed E-state index contributed by atoms with van der Waals surface area (Å²) in [5.74, 6) is 1.03. The molecule has 0 spiro atoms. The molecule has 0 bridgehead atoms. The second kappa shape index (κ2) is 5.24. The number of ether oxygens (including phenoxy) is 1. The number of carbonyl (C=O) groups excluding carboxylic acids is 1. The fourth-order valence-electron chi connectivity index (χ4n) is 2.34. The van der Waals surface area contributed by atoms with Gasteiger partial charge in [0.2, 0.25) is 5.91 Å². The van der Waals surface area contributed by atoms with E-state index >= 15 is 0 Å². The predicted octanol–water partition coefficient (Wildman–Crippen LogP) is 2.98. The molecular weight excluding hydrogens is 238 g/mol. The van der Waals surface area contributed by atoms with E-state index in [4.69, 9.17) is 4.74 Å². The van der Waals surface area contributed by atoms with Gasteiger partial charge in [0.05, 0.1) is 6.54 Å². The van der Waals surface area contributed by atoms with Crippen molar-refractivity contribution in [2.75, 3.05) is 13.1 Å². The van der Waals surface area contributed by atoms with Gasteiger partial charge in [-0.3, -0.25) is 4.79 Å². The van der Waals surface area contributed by atoms with Gasteiger partial charge in [-0.15, -0.1) is 0 Å². The maximum atomic E-state index is 11.3. The first kappa shape index (κ1) is 13.9. The highest BCUT2D eigenvalue weighted by atomic mass is 16.5. The molecule has 1 unspecified atom stereocenters. The molecular formula is C16H23NO2. The van der Waals surface area contributed by atoms with E-state index in [1.807, 2.05) is 17.0 Å². The number of nitrogens with zero attached hydrogens (tertiary/aromatic N) is 1. The standard InChI is InChI=1S/C16H23NO2/c1-12(18)17-10-9-15(11-17)19-14-7-5-13(6-8-14)16(2,3)4/h5-8,15H,9-11H2,1-4H3. The summed E-state index contributed by atoms with van der Waals surface area (Å²) in [6, 6.07) is 8.29. The zero-order valence-corrected chi connectivity index (χ0v) is 12.3. The molecule has 1 aromatic rings. The molecule has 3 heteroatoms. The third-order valence-electron chi connectivity index (χ3n) is 3.61. The molecule has 104 valence electrons. The average molecular weight is 261 g/mol. The molecule has 1 atom stereocenters. The van der Waals surface area contributed by atoms with Gasteiger partial charge in [0, 0.05) is 19.9 Å². The Hall–Kier alpha value is -1.51. The topological polar surface area (TPSA) is 29.5 Å². The molecule has 0 radical (unpaired) electrons. The molecule has 1 amide bonds. The second-order valence-corrected chi connectivity index (χ2v) is 6.27. The quantitative estimate of drug-likeness (QED) is 0.819. The molecule has 3 nitrogen and oxygen atoms in total. The highest BCUT2D eigenvalue weighted by Crippen LogP contribution is 2.25. The molecule has 0 aliphatic carbocycles. The van der Waals surface area contributed by atoms with E-state index in [0.29, 0.717) is 6.54 Å². The van der Waals surface area contributed by atoms with Crippen molar-refractivity contribution >= 4 is 5.91 Å². The van der Waals surface area contributed by atoms with E-state index in [1.54, 1.807) is 6.92 Å². The van der Waals surface area contributed by atoms with Crippen LogP contribution in [0.2, 0.25) is 0 Å². The lowest BCUT2D eigenvalue weighted by atomic mass is 9.87. The minimum atomic E-state index is 0.129. The van der Waals surface area contributed by atoms with Gasteiger partial charge in [-0.25, -0.2) is 0 Å². The Morgan fingerprint density at radius 3 is 2.37 bits per heavy atom. The minimum absolute atomic E-state index is 0.129. The van der Waals surface area contributed by atoms with Crippen molar-refractivity contribution < 1.29 is 9.53 Å². The summed E-state index contributed by atoms with van der Waals surface area (Å²) in [4.78, 5) is 13.1. The van der Waals surface area contributed by atoms with E-state index in [1.165, 1.54) is 5.56 Å². The lowest BCUT2D eigenvalue weighted by molar-refractivity contribution is -0.128. The molecule has 0 aromatic heterocycles. The first-order chi connectivity index (χ1) is 8.86. The maximum absolute atomic E-state index is 11.3. The van der Waals surface area contributed by atoms with Gasteiger partial charge in [-0.2, -0.15) is 0 Å². The molecule has 0 N–H and O–H groups in total. The molecule has 1 saturated heterocycles. The third-order valence-corrected chi connectivity index (χ3v) is 3.61. The number of hydrogen-bond acceptors (Lipinski definition) is 2. The SMILES string of the molecule is CC(=O)N1CCC(Oc2ccc(C(C)(C)C)cc2)C1. The fraction of sp³-hybridized carbons (Fsp3) is 0.562. The van der Waals surface area contributed by atoms with Crippen molar-refractivity contribution in [1.82, 2.24) is 4.90 Å². The van der Waals surface area contributed by atoms with Gasteiger partial charge < -0.3 is 9.64 Å². The van der Waals surface area contributed by atoms with Crippen LogP contribution in [-0.2, 0) is 10.2 Å². The fourth-order valence-corrected chi connectivity index (χ4v) is 2.34. The van der Waals surface area contributed by atoms with E-state index < -0.39 is 0 Å². The van der Waals surface area contributed by atoms with Crippen LogP contribution in [0.15, 0.2) is 24.3 Å². The molecule has 1 fully saturated rings. The number of likely N-dealkylation sites (tertiary alicyclic amines) is 1. The molecule has 0 saturated carbocycles. The van der Waals surface area contributed by atoms with Crippen LogP contribution in [0.5, 0.6) is 5.75 Å². The van der Waals surface area contributed by atoms with Crippen molar-refractivity contribution in [1.29, 1.82) is 0 Å². The molecule has 1 aliphatic heterocycles. The van der Waals surface area contributed by atoms with Gasteiger partial charge in [-0.05, 0) is 23.1 Å². The largest absolute Gasteiger partial charge is 0.489 e. The Morgan fingerprint density at radius 1 is 1.26 bits per heavy atom. The van der Waals surface area contributed by atoms with Gasteiger partial charge in [0.25, 0.3) is 0 Å². The lowest BCUT2D eigenvalue weighted by Gasteiger charge is -2.20. The Bertz CT molecular complexity index is 445. The highest BCUT2D eigenvalue weighted by molar-refractivity contribution is 5.73. The summed E-state index contributed by atoms with van der Waals surface area (Å²) in [5, 5.41) is 0. The molecule has 1 heterocycles. The van der Waals surface area contributed by atoms with Crippen LogP contribution in [0.25, 0.3) is 0 Å². The second-order valence-electron chi connectivity index (χ2n) is 6.27. The summed E-state index contributed by atoms with van der Waals surface area (Å²) in [6.07, 6.45) is 1.05. The van der Waals surface area contributed by atoms with Crippen LogP contribution < -0.4 is 4.74 Å². The van der Waals surface area contributed by atoms with Crippen LogP contribution >= 0.6 is 0 Å². The summed E-state index contributed by atoms with van der Waals surface area (Å²) < 4.78 is 5.93. The third kappa shape index (κ3) is 3.49. The minimum Gasteiger partial charge on any atom is -0.489 e. The summed E-state index contributed by atoms with van der Waals surface area (Å²) >= 11 is 0. The zero-order chi connectivity index (χ0) is 14.0. The van der Waals surface area contributed by atoms with Gasteiger partial charge in [0.1, 0.15) is 11.9 Å². The summed E-state index contributed by atoms with van der Waals surface area (Å²) in [6.45, 7) is 9.72. The van der Waals surface area contributed by atoms with Gasteiger partial charge >= 0.3 is 0 Å². The van der Waals surface area contributed by atoms with Crippen LogP contribution in [0.3, 0.4) is 0 Å². The first-order valence-electron chi connectivity index (χ1n) is 6.89. The van der Waals surface area contributed by atoms with Crippen molar-refractivity contribution in [3.05, 3.63) is 29.8 Å². The van der Waals surface area contributed by atoms with Gasteiger partial charge in [-0.1, -0.05) is 32.9 Å². The van der Waals surface area contributed by atoms with Crippen molar-refractivity contribution in [2.24, 2.45) is 0 Å². The van der Waals surface area contributed by atoms with E-state index in [0.717, 1.165) is 18.7 Å². The summed E-state index contributed by atoms with van der Waals surface area (Å²) in [5.41, 5.74) is 1.47. The molecule has 1 aromatic carbocycles. The smallest absolute Gasteiger partial charge is 0.219 e. The zero-order valence-electron chi connectivity index (χ0n) is 12.3. The molecule has 1 aliphatic rings. The van der Waals surface area contributed by atoms with Crippen LogP contribution in [-0.4, -0.2) is 30.0 Å². The molecule has 2 rings (SSSR count). The van der Waals surface area contributed by atoms with E-state index in [-0.39, 0.29) is 17.4 Å². The van der Waals surface area contributed by atoms with E-state index in [9.17, 15) is 4.79 Å². The van der Waals surface area contributed by atoms with Crippen LogP contribution in [0.1, 0.15) is 39.7 Å². The monoisotopic (exact) mass is 261 g/mol. The Balaban J connectivity index is 1.96. The van der Waals surface area contributed by atoms with Crippen LogP contribution in [0, 0.1) is 0 Å². The number of benzene rings is 1. The average Bonchev–Trinajstić information content (AvgIpc) is 2.77. The Labute approximate surface area is 115 Å². The number of hydrogen-bond donors (Lipinski definition) is 0. The highest BCUT2D eigenvalue weighted by Gasteiger charge is 2.25. The maximum Gasteiger partial charge on any atom is 0.219 e. The predicted molar refractivity (Wildman–Crippen MR) is 76.4 cm³/mol. The number of carbonyl (C=O) groups is 1. The summed E-state index contributed by atoms with van der Waals surface area (Å²) in [7, 11) is 0. The Kier molecular flexibility index (Phi) is 3.83. The van der Waals surface area contributed by atoms with Crippen LogP contribution in [0.4, 0.5) is 0 Å². The van der Waals surface area contributed by atoms with Gasteiger partial charge in [0.15, 0.2) is 0 Å². The number of rotatable bonds is 2. The first-order valence-corrected chi connectivity index (χ1v) is 6.89. The number of amides is 1.